The van der Waals surface area contributed by atoms with Crippen molar-refractivity contribution in [1.82, 2.24) is 0 Å². The number of carboxylic acid groups (broad SMARTS) is 2. The largest absolute Gasteiger partial charge is 0.500 e. The van der Waals surface area contributed by atoms with Gasteiger partial charge in [-0.3, -0.25) is 9.59 Å². The van der Waals surface area contributed by atoms with Gasteiger partial charge in [0.15, 0.2) is 18.0 Å². The topological polar surface area (TPSA) is 226 Å². The number of thioether (sulfide) groups is 1. The average molecular weight is 1180 g/mol. The first kappa shape index (κ1) is 63.7. The number of Topliss-reactive ketones (excluding diaryl/α,β-unsaturated/α-hetero) is 1. The van der Waals surface area contributed by atoms with E-state index in [0.717, 1.165) is 51.6 Å². The van der Waals surface area contributed by atoms with Gasteiger partial charge in [0.1, 0.15) is 31.3 Å². The summed E-state index contributed by atoms with van der Waals surface area (Å²) in [5, 5.41) is 19.8. The number of ketones is 1. The van der Waals surface area contributed by atoms with Gasteiger partial charge in [0.05, 0.1) is 41.2 Å². The Hall–Kier alpha value is -7.91. The molecule has 7 rings (SSSR count). The fourth-order valence-electron chi connectivity index (χ4n) is 9.95. The molecule has 0 aliphatic heterocycles. The van der Waals surface area contributed by atoms with E-state index in [4.69, 9.17) is 41.7 Å². The van der Waals surface area contributed by atoms with Gasteiger partial charge in [-0.05, 0) is 119 Å². The van der Waals surface area contributed by atoms with Crippen molar-refractivity contribution < 1.29 is 80.7 Å². The van der Waals surface area contributed by atoms with E-state index < -0.39 is 68.6 Å². The van der Waals surface area contributed by atoms with Crippen LogP contribution in [0.1, 0.15) is 104 Å². The minimum absolute atomic E-state index is 0.0396. The van der Waals surface area contributed by atoms with Crippen LogP contribution in [0.4, 0.5) is 0 Å². The van der Waals surface area contributed by atoms with Crippen LogP contribution >= 0.6 is 11.8 Å². The van der Waals surface area contributed by atoms with Gasteiger partial charge in [0.25, 0.3) is 0 Å². The summed E-state index contributed by atoms with van der Waals surface area (Å²) >= 11 is 1.65. The van der Waals surface area contributed by atoms with E-state index in [9.17, 15) is 39.0 Å². The van der Waals surface area contributed by atoms with Gasteiger partial charge in [-0.25, -0.2) is 19.2 Å². The van der Waals surface area contributed by atoms with E-state index in [1.165, 1.54) is 36.4 Å². The van der Waals surface area contributed by atoms with Crippen molar-refractivity contribution in [1.29, 1.82) is 0 Å². The van der Waals surface area contributed by atoms with Crippen LogP contribution in [-0.4, -0.2) is 132 Å². The summed E-state index contributed by atoms with van der Waals surface area (Å²) in [6, 6.07) is 40.6. The maximum Gasteiger partial charge on any atom is 0.500 e. The molecule has 0 amide bonds. The highest BCUT2D eigenvalue weighted by molar-refractivity contribution is 7.99. The Labute approximate surface area is 494 Å². The molecule has 17 nitrogen and oxygen atoms in total. The first-order chi connectivity index (χ1) is 40.4. The second-order valence-corrected chi connectivity index (χ2v) is 24.6. The number of carbonyl (C=O) groups excluding carboxylic acids is 4. The molecule has 0 saturated carbocycles. The Morgan fingerprint density at radius 3 is 1.58 bits per heavy atom. The molecule has 1 aliphatic carbocycles. The lowest BCUT2D eigenvalue weighted by molar-refractivity contribution is -0.154. The summed E-state index contributed by atoms with van der Waals surface area (Å²) < 4.78 is 51.9. The minimum Gasteiger partial charge on any atom is -0.490 e. The second kappa shape index (κ2) is 29.6. The van der Waals surface area contributed by atoms with Crippen molar-refractivity contribution in [3.63, 3.8) is 0 Å². The molecule has 442 valence electrons. The van der Waals surface area contributed by atoms with Gasteiger partial charge in [0, 0.05) is 50.7 Å². The molecule has 84 heavy (non-hydrogen) atoms. The lowest BCUT2D eigenvalue weighted by atomic mass is 9.68. The number of ether oxygens (including phenoxy) is 6. The molecule has 6 aromatic rings. The van der Waals surface area contributed by atoms with Gasteiger partial charge in [-0.2, -0.15) is 11.8 Å². The Bertz CT molecular complexity index is 3250. The van der Waals surface area contributed by atoms with Crippen molar-refractivity contribution in [2.45, 2.75) is 70.3 Å². The molecule has 0 spiro atoms. The van der Waals surface area contributed by atoms with E-state index in [0.29, 0.717) is 34.4 Å². The summed E-state index contributed by atoms with van der Waals surface area (Å²) in [4.78, 5) is 76.8. The Kier molecular flexibility index (Phi) is 22.4. The lowest BCUT2D eigenvalue weighted by Crippen LogP contribution is -2.42. The SMILES string of the molecule is C=CC(=O)OC(COC(=O)c1cc(-c2ccc(C(=O)O)c(C(=O)C(C)C)c2)ccc1C(=O)O)COc1ccc(C2(c3ccc(OCC(COC(C)C)OC(=O)CCSCCC[Si](OC)(OC)OC)cc3)c3ccccc3-c3ccccc32)cc1. The number of hydrogen-bond donors (Lipinski definition) is 2. The van der Waals surface area contributed by atoms with Crippen LogP contribution in [0, 0.1) is 5.92 Å². The number of hydrogen-bond acceptors (Lipinski definition) is 16. The molecule has 0 bridgehead atoms. The highest BCUT2D eigenvalue weighted by Crippen LogP contribution is 2.56. The molecular formula is C65H70O17SSi. The number of benzene rings is 6. The van der Waals surface area contributed by atoms with Crippen molar-refractivity contribution in [3.05, 3.63) is 191 Å². The van der Waals surface area contributed by atoms with Crippen LogP contribution in [0.5, 0.6) is 11.5 Å². The number of carboxylic acids is 2. The van der Waals surface area contributed by atoms with E-state index in [2.05, 4.69) is 30.8 Å². The van der Waals surface area contributed by atoms with Crippen LogP contribution in [0.2, 0.25) is 6.04 Å². The molecule has 6 aromatic carbocycles. The molecular weight excluding hydrogens is 1110 g/mol. The summed E-state index contributed by atoms with van der Waals surface area (Å²) in [7, 11) is 2.12. The van der Waals surface area contributed by atoms with Crippen molar-refractivity contribution in [2.24, 2.45) is 5.92 Å². The smallest absolute Gasteiger partial charge is 0.490 e. The molecule has 0 heterocycles. The summed E-state index contributed by atoms with van der Waals surface area (Å²) in [5.41, 5.74) is 4.98. The number of aromatic carboxylic acids is 2. The zero-order valence-electron chi connectivity index (χ0n) is 48.1. The van der Waals surface area contributed by atoms with Crippen LogP contribution in [0.3, 0.4) is 0 Å². The number of fused-ring (bicyclic) bond motifs is 3. The Balaban J connectivity index is 1.07. The highest BCUT2D eigenvalue weighted by atomic mass is 32.2. The van der Waals surface area contributed by atoms with Crippen molar-refractivity contribution >= 4 is 56.2 Å². The van der Waals surface area contributed by atoms with Crippen LogP contribution in [-0.2, 0) is 47.2 Å². The third-order valence-electron chi connectivity index (χ3n) is 14.2. The molecule has 19 heteroatoms. The monoisotopic (exact) mass is 1180 g/mol. The molecule has 2 atom stereocenters. The molecule has 1 aliphatic rings. The maximum atomic E-state index is 13.8. The standard InChI is InChI=1S/C65H70O17SSi/c1-9-59(66)81-50(40-80-64(73)56-36-44(20-30-54(56)63(71)72)43-19-29-53(62(69)70)55(35-43)61(68)41(2)3)39-79-48-27-23-46(24-28-48)65(57-17-12-10-15-51(57)52-16-11-13-18-58(52)65)45-21-25-47(26-22-45)78-38-49(37-77-42(4)5)82-60(67)31-33-83-32-14-34-84(74-6,75-7)76-8/h9-13,15-30,35-36,41-42,49-50H,1,14,31-34,37-40H2,2-8H3,(H,69,70)(H,71,72). The van der Waals surface area contributed by atoms with E-state index in [1.807, 2.05) is 74.5 Å². The molecule has 0 saturated heterocycles. The van der Waals surface area contributed by atoms with Crippen LogP contribution < -0.4 is 9.47 Å². The first-order valence-electron chi connectivity index (χ1n) is 27.4. The quantitative estimate of drug-likeness (QED) is 0.00998. The summed E-state index contributed by atoms with van der Waals surface area (Å²) in [5.74, 6) is -3.53. The summed E-state index contributed by atoms with van der Waals surface area (Å²) in [6.07, 6.45) is 0.0508. The predicted molar refractivity (Wildman–Crippen MR) is 319 cm³/mol. The average Bonchev–Trinajstić information content (AvgIpc) is 1.61. The third-order valence-corrected chi connectivity index (χ3v) is 18.1. The highest BCUT2D eigenvalue weighted by Gasteiger charge is 2.46. The second-order valence-electron chi connectivity index (χ2n) is 20.3. The van der Waals surface area contributed by atoms with Crippen molar-refractivity contribution in [3.8, 4) is 33.8 Å². The van der Waals surface area contributed by atoms with Gasteiger partial charge >= 0.3 is 38.7 Å². The Morgan fingerprint density at radius 2 is 1.10 bits per heavy atom. The van der Waals surface area contributed by atoms with Gasteiger partial charge in [0.2, 0.25) is 0 Å². The normalized spacial score (nSPS) is 13.1. The zero-order valence-corrected chi connectivity index (χ0v) is 49.9. The molecule has 0 aromatic heterocycles. The molecule has 2 unspecified atom stereocenters. The molecule has 2 N–H and O–H groups in total. The number of esters is 3. The third kappa shape index (κ3) is 15.3. The van der Waals surface area contributed by atoms with Gasteiger partial charge in [-0.1, -0.05) is 105 Å². The minimum atomic E-state index is -2.66. The van der Waals surface area contributed by atoms with E-state index in [-0.39, 0.29) is 60.6 Å². The fourth-order valence-corrected chi connectivity index (χ4v) is 12.8. The summed E-state index contributed by atoms with van der Waals surface area (Å²) in [6.45, 7) is 9.98. The van der Waals surface area contributed by atoms with Crippen molar-refractivity contribution in [2.75, 3.05) is 59.3 Å². The predicted octanol–water partition coefficient (Wildman–Crippen LogP) is 11.4. The van der Waals surface area contributed by atoms with Crippen LogP contribution in [0.15, 0.2) is 146 Å². The molecule has 0 radical (unpaired) electrons. The zero-order chi connectivity index (χ0) is 60.6. The lowest BCUT2D eigenvalue weighted by Gasteiger charge is -2.34. The number of carbonyl (C=O) groups is 6. The maximum absolute atomic E-state index is 13.8. The van der Waals surface area contributed by atoms with E-state index >= 15 is 0 Å². The van der Waals surface area contributed by atoms with Gasteiger partial charge in [-0.15, -0.1) is 0 Å². The fraction of sp³-hybridized carbons (Fsp3) is 0.323. The van der Waals surface area contributed by atoms with E-state index in [1.54, 1.807) is 59.1 Å². The number of rotatable bonds is 32. The molecule has 0 fully saturated rings. The Morgan fingerprint density at radius 1 is 0.595 bits per heavy atom. The van der Waals surface area contributed by atoms with Crippen LogP contribution in [0.25, 0.3) is 22.3 Å². The first-order valence-corrected chi connectivity index (χ1v) is 30.5. The van der Waals surface area contributed by atoms with Gasteiger partial charge < -0.3 is 51.9 Å².